The number of hydrogen-bond donors (Lipinski definition) is 1. The van der Waals surface area contributed by atoms with Crippen LogP contribution in [0.25, 0.3) is 22.4 Å². The van der Waals surface area contributed by atoms with E-state index in [-0.39, 0.29) is 11.5 Å². The number of fused-ring (bicyclic) bond motifs is 1. The van der Waals surface area contributed by atoms with E-state index in [9.17, 15) is 4.39 Å². The van der Waals surface area contributed by atoms with Gasteiger partial charge in [-0.25, -0.2) is 14.4 Å². The van der Waals surface area contributed by atoms with Crippen molar-refractivity contribution in [3.05, 3.63) is 41.5 Å². The summed E-state index contributed by atoms with van der Waals surface area (Å²) in [6, 6.07) is 7.58. The van der Waals surface area contributed by atoms with E-state index in [1.165, 1.54) is 0 Å². The van der Waals surface area contributed by atoms with E-state index < -0.39 is 5.82 Å². The van der Waals surface area contributed by atoms with Gasteiger partial charge in [0.1, 0.15) is 11.3 Å². The Hall–Kier alpha value is -2.43. The third-order valence-electron chi connectivity index (χ3n) is 3.04. The summed E-state index contributed by atoms with van der Waals surface area (Å²) in [5.74, 6) is 0.354. The molecule has 3 aromatic rings. The zero-order chi connectivity index (χ0) is 13.6. The van der Waals surface area contributed by atoms with Crippen LogP contribution in [0.2, 0.25) is 0 Å². The number of nitrogens with two attached hydrogens (primary N) is 1. The van der Waals surface area contributed by atoms with Gasteiger partial charge in [0.15, 0.2) is 17.5 Å². The Labute approximate surface area is 109 Å². The lowest BCUT2D eigenvalue weighted by Crippen LogP contribution is -2.03. The minimum atomic E-state index is -0.575. The molecular weight excluding hydrogens is 245 g/mol. The summed E-state index contributed by atoms with van der Waals surface area (Å²) >= 11 is 0. The van der Waals surface area contributed by atoms with Gasteiger partial charge in [-0.3, -0.25) is 0 Å². The van der Waals surface area contributed by atoms with Crippen molar-refractivity contribution >= 4 is 16.8 Å². The van der Waals surface area contributed by atoms with Crippen molar-refractivity contribution < 1.29 is 8.81 Å². The molecule has 1 aromatic carbocycles. The van der Waals surface area contributed by atoms with Gasteiger partial charge in [0.25, 0.3) is 0 Å². The number of halogens is 1. The second kappa shape index (κ2) is 4.05. The molecular formula is C14H12FN3O. The maximum atomic E-state index is 13.5. The van der Waals surface area contributed by atoms with Crippen LogP contribution in [-0.4, -0.2) is 9.97 Å². The van der Waals surface area contributed by atoms with Crippen molar-refractivity contribution in [1.29, 1.82) is 0 Å². The summed E-state index contributed by atoms with van der Waals surface area (Å²) in [5.41, 5.74) is 7.30. The van der Waals surface area contributed by atoms with Gasteiger partial charge >= 0.3 is 0 Å². The molecule has 2 N–H and O–H groups in total. The van der Waals surface area contributed by atoms with Gasteiger partial charge in [0.05, 0.1) is 11.3 Å². The summed E-state index contributed by atoms with van der Waals surface area (Å²) < 4.78 is 19.1. The Bertz CT molecular complexity index is 756. The van der Waals surface area contributed by atoms with Crippen LogP contribution < -0.4 is 5.73 Å². The molecule has 4 nitrogen and oxygen atoms in total. The SMILES string of the molecule is Cc1nc(-c2c(C)oc3ccccc23)nc(N)c1F. The maximum Gasteiger partial charge on any atom is 0.186 e. The number of aryl methyl sites for hydroxylation is 2. The number of nitrogens with zero attached hydrogens (tertiary/aromatic N) is 2. The first kappa shape index (κ1) is 11.6. The fourth-order valence-corrected chi connectivity index (χ4v) is 2.14. The number of nitrogen functional groups attached to an aromatic ring is 1. The van der Waals surface area contributed by atoms with Crippen LogP contribution in [0, 0.1) is 19.7 Å². The second-order valence-corrected chi connectivity index (χ2v) is 4.36. The molecule has 3 rings (SSSR count). The molecule has 0 amide bonds. The number of hydrogen-bond acceptors (Lipinski definition) is 4. The highest BCUT2D eigenvalue weighted by Gasteiger charge is 2.17. The second-order valence-electron chi connectivity index (χ2n) is 4.36. The van der Waals surface area contributed by atoms with Crippen LogP contribution in [-0.2, 0) is 0 Å². The first-order chi connectivity index (χ1) is 9.08. The van der Waals surface area contributed by atoms with Crippen molar-refractivity contribution in [2.24, 2.45) is 0 Å². The molecule has 0 fully saturated rings. The standard InChI is InChI=1S/C14H12FN3O/c1-7-12(15)13(16)18-14(17-7)11-8(2)19-10-6-4-3-5-9(10)11/h3-6H,1-2H3,(H2,16,17,18). The number of anilines is 1. The molecule has 2 heterocycles. The Morgan fingerprint density at radius 2 is 1.89 bits per heavy atom. The summed E-state index contributed by atoms with van der Waals surface area (Å²) in [6.45, 7) is 3.39. The lowest BCUT2D eigenvalue weighted by Gasteiger charge is -2.04. The number of rotatable bonds is 1. The fourth-order valence-electron chi connectivity index (χ4n) is 2.14. The van der Waals surface area contributed by atoms with Crippen LogP contribution in [0.4, 0.5) is 10.2 Å². The van der Waals surface area contributed by atoms with Crippen molar-refractivity contribution in [2.45, 2.75) is 13.8 Å². The highest BCUT2D eigenvalue weighted by molar-refractivity contribution is 5.93. The summed E-state index contributed by atoms with van der Waals surface area (Å²) in [6.07, 6.45) is 0. The van der Waals surface area contributed by atoms with Gasteiger partial charge in [0, 0.05) is 5.39 Å². The quantitative estimate of drug-likeness (QED) is 0.726. The Balaban J connectivity index is 2.33. The molecule has 0 aliphatic rings. The fraction of sp³-hybridized carbons (Fsp3) is 0.143. The van der Waals surface area contributed by atoms with E-state index in [0.717, 1.165) is 16.5 Å². The van der Waals surface area contributed by atoms with Gasteiger partial charge < -0.3 is 10.2 Å². The van der Waals surface area contributed by atoms with Gasteiger partial charge in [-0.2, -0.15) is 0 Å². The molecule has 0 unspecified atom stereocenters. The molecule has 0 bridgehead atoms. The Kier molecular flexibility index (Phi) is 2.48. The van der Waals surface area contributed by atoms with E-state index >= 15 is 0 Å². The summed E-state index contributed by atoms with van der Waals surface area (Å²) in [7, 11) is 0. The molecule has 19 heavy (non-hydrogen) atoms. The van der Waals surface area contributed by atoms with E-state index in [2.05, 4.69) is 9.97 Å². The number of para-hydroxylation sites is 1. The molecule has 0 saturated carbocycles. The largest absolute Gasteiger partial charge is 0.461 e. The van der Waals surface area contributed by atoms with Crippen molar-refractivity contribution in [1.82, 2.24) is 9.97 Å². The Morgan fingerprint density at radius 3 is 2.63 bits per heavy atom. The monoisotopic (exact) mass is 257 g/mol. The summed E-state index contributed by atoms with van der Waals surface area (Å²) in [5, 5.41) is 0.894. The van der Waals surface area contributed by atoms with Crippen LogP contribution in [0.5, 0.6) is 0 Å². The summed E-state index contributed by atoms with van der Waals surface area (Å²) in [4.78, 5) is 8.18. The molecule has 0 atom stereocenters. The average molecular weight is 257 g/mol. The third kappa shape index (κ3) is 1.74. The molecule has 0 saturated heterocycles. The van der Waals surface area contributed by atoms with Gasteiger partial charge in [-0.05, 0) is 19.9 Å². The van der Waals surface area contributed by atoms with Gasteiger partial charge in [-0.15, -0.1) is 0 Å². The third-order valence-corrected chi connectivity index (χ3v) is 3.04. The van der Waals surface area contributed by atoms with Crippen LogP contribution in [0.15, 0.2) is 28.7 Å². The van der Waals surface area contributed by atoms with Crippen molar-refractivity contribution in [3.63, 3.8) is 0 Å². The van der Waals surface area contributed by atoms with Crippen LogP contribution in [0.3, 0.4) is 0 Å². The smallest absolute Gasteiger partial charge is 0.186 e. The van der Waals surface area contributed by atoms with E-state index in [4.69, 9.17) is 10.2 Å². The highest BCUT2D eigenvalue weighted by Crippen LogP contribution is 2.33. The minimum Gasteiger partial charge on any atom is -0.461 e. The zero-order valence-electron chi connectivity index (χ0n) is 10.6. The highest BCUT2D eigenvalue weighted by atomic mass is 19.1. The van der Waals surface area contributed by atoms with E-state index in [1.807, 2.05) is 31.2 Å². The zero-order valence-corrected chi connectivity index (χ0v) is 10.6. The van der Waals surface area contributed by atoms with E-state index in [1.54, 1.807) is 6.92 Å². The lowest BCUT2D eigenvalue weighted by molar-refractivity contribution is 0.579. The lowest BCUT2D eigenvalue weighted by atomic mass is 10.1. The predicted molar refractivity (Wildman–Crippen MR) is 71.1 cm³/mol. The van der Waals surface area contributed by atoms with Gasteiger partial charge in [0.2, 0.25) is 0 Å². The Morgan fingerprint density at radius 1 is 1.16 bits per heavy atom. The predicted octanol–water partition coefficient (Wildman–Crippen LogP) is 3.23. The maximum absolute atomic E-state index is 13.5. The molecule has 5 heteroatoms. The normalized spacial score (nSPS) is 11.1. The van der Waals surface area contributed by atoms with Crippen molar-refractivity contribution in [2.75, 3.05) is 5.73 Å². The number of furan rings is 1. The van der Waals surface area contributed by atoms with Crippen LogP contribution >= 0.6 is 0 Å². The molecule has 0 radical (unpaired) electrons. The number of benzene rings is 1. The average Bonchev–Trinajstić information content (AvgIpc) is 2.71. The topological polar surface area (TPSA) is 64.9 Å². The molecule has 2 aromatic heterocycles. The van der Waals surface area contributed by atoms with Crippen LogP contribution in [0.1, 0.15) is 11.5 Å². The first-order valence-corrected chi connectivity index (χ1v) is 5.86. The van der Waals surface area contributed by atoms with E-state index in [0.29, 0.717) is 11.6 Å². The molecule has 0 aliphatic carbocycles. The van der Waals surface area contributed by atoms with Crippen molar-refractivity contribution in [3.8, 4) is 11.4 Å². The van der Waals surface area contributed by atoms with Gasteiger partial charge in [-0.1, -0.05) is 18.2 Å². The minimum absolute atomic E-state index is 0.146. The first-order valence-electron chi connectivity index (χ1n) is 5.86. The number of aromatic nitrogens is 2. The molecule has 96 valence electrons. The molecule has 0 spiro atoms. The molecule has 0 aliphatic heterocycles.